The van der Waals surface area contributed by atoms with Crippen molar-refractivity contribution < 1.29 is 17.2 Å². The van der Waals surface area contributed by atoms with Crippen LogP contribution in [-0.2, 0) is 17.2 Å². The first-order valence-corrected chi connectivity index (χ1v) is 3.11. The van der Waals surface area contributed by atoms with Gasteiger partial charge in [-0.15, -0.1) is 0 Å². The number of nitrogens with zero attached hydrogens (tertiary/aromatic N) is 1. The van der Waals surface area contributed by atoms with E-state index in [0.717, 1.165) is 6.42 Å². The summed E-state index contributed by atoms with van der Waals surface area (Å²) in [6.07, 6.45) is 1.11. The zero-order valence-corrected chi connectivity index (χ0v) is 6.50. The van der Waals surface area contributed by atoms with Gasteiger partial charge in [-0.25, -0.2) is 0 Å². The zero-order chi connectivity index (χ0) is 5.91. The quantitative estimate of drug-likeness (QED) is 0.549. The average Bonchev–Trinajstić information content (AvgIpc) is 1.68. The van der Waals surface area contributed by atoms with Gasteiger partial charge in [0, 0.05) is 0 Å². The molecule has 7 heavy (non-hydrogen) atoms. The van der Waals surface area contributed by atoms with Crippen LogP contribution in [0.25, 0.3) is 0 Å². The van der Waals surface area contributed by atoms with Crippen LogP contribution in [0.1, 0.15) is 27.2 Å². The van der Waals surface area contributed by atoms with E-state index in [1.807, 2.05) is 0 Å². The van der Waals surface area contributed by atoms with E-state index < -0.39 is 0 Å². The number of rotatable bonds is 2. The molecule has 0 aliphatic rings. The maximum absolute atomic E-state index is 4.08. The SMILES string of the molecule is CCC(C)(C)[N]=[V]. The monoisotopic (exact) mass is 136 g/mol. The third-order valence-corrected chi connectivity index (χ3v) is 1.98. The summed E-state index contributed by atoms with van der Waals surface area (Å²) >= 11 is 2.26. The standard InChI is InChI=1S/C5H11N.V/c1-4-5(2,3)6;/h4H2,1-3H3;. The second-order valence-corrected chi connectivity index (χ2v) is 2.58. The molecule has 41 valence electrons. The molecule has 0 spiro atoms. The maximum atomic E-state index is 4.08. The molecular formula is C5H11NV. The van der Waals surface area contributed by atoms with Gasteiger partial charge >= 0.3 is 53.8 Å². The first-order chi connectivity index (χ1) is 3.12. The summed E-state index contributed by atoms with van der Waals surface area (Å²) < 4.78 is 4.08. The molecule has 0 amide bonds. The summed E-state index contributed by atoms with van der Waals surface area (Å²) in [6, 6.07) is 0. The van der Waals surface area contributed by atoms with Gasteiger partial charge in [-0.2, -0.15) is 0 Å². The molecule has 0 saturated carbocycles. The van der Waals surface area contributed by atoms with E-state index in [1.54, 1.807) is 0 Å². The van der Waals surface area contributed by atoms with Crippen molar-refractivity contribution >= 4 is 0 Å². The molecule has 0 saturated heterocycles. The van der Waals surface area contributed by atoms with Gasteiger partial charge in [0.05, 0.1) is 0 Å². The van der Waals surface area contributed by atoms with Gasteiger partial charge in [0.1, 0.15) is 0 Å². The first-order valence-electron chi connectivity index (χ1n) is 2.48. The van der Waals surface area contributed by atoms with E-state index in [2.05, 4.69) is 41.8 Å². The Morgan fingerprint density at radius 2 is 2.00 bits per heavy atom. The molecule has 0 aromatic carbocycles. The van der Waals surface area contributed by atoms with Crippen molar-refractivity contribution in [2.45, 2.75) is 32.7 Å². The van der Waals surface area contributed by atoms with E-state index in [0.29, 0.717) is 0 Å². The minimum absolute atomic E-state index is 0.181. The third kappa shape index (κ3) is 3.01. The van der Waals surface area contributed by atoms with Crippen LogP contribution in [0.5, 0.6) is 0 Å². The van der Waals surface area contributed by atoms with E-state index in [9.17, 15) is 0 Å². The molecule has 1 nitrogen and oxygen atoms in total. The molecule has 0 atom stereocenters. The van der Waals surface area contributed by atoms with E-state index in [1.165, 1.54) is 0 Å². The van der Waals surface area contributed by atoms with Crippen molar-refractivity contribution in [3.8, 4) is 0 Å². The molecular weight excluding hydrogens is 125 g/mol. The predicted octanol–water partition coefficient (Wildman–Crippen LogP) is 1.91. The van der Waals surface area contributed by atoms with Crippen molar-refractivity contribution in [1.29, 1.82) is 0 Å². The molecule has 0 aromatic rings. The Labute approximate surface area is 54.3 Å². The Hall–Kier alpha value is 0.384. The fraction of sp³-hybridized carbons (Fsp3) is 1.00. The topological polar surface area (TPSA) is 12.4 Å². The number of hydrogen-bond donors (Lipinski definition) is 0. The fourth-order valence-corrected chi connectivity index (χ4v) is 0.292. The van der Waals surface area contributed by atoms with Gasteiger partial charge in [-0.05, 0) is 0 Å². The Morgan fingerprint density at radius 3 is 2.00 bits per heavy atom. The van der Waals surface area contributed by atoms with E-state index in [-0.39, 0.29) is 5.54 Å². The second kappa shape index (κ2) is 2.63. The molecule has 0 fully saturated rings. The summed E-state index contributed by atoms with van der Waals surface area (Å²) in [4.78, 5) is 0. The van der Waals surface area contributed by atoms with Gasteiger partial charge in [-0.3, -0.25) is 0 Å². The van der Waals surface area contributed by atoms with Crippen LogP contribution in [0.3, 0.4) is 0 Å². The van der Waals surface area contributed by atoms with Gasteiger partial charge in [0.25, 0.3) is 0 Å². The van der Waals surface area contributed by atoms with Crippen molar-refractivity contribution in [3.63, 3.8) is 0 Å². The van der Waals surface area contributed by atoms with Crippen LogP contribution in [0.2, 0.25) is 0 Å². The molecule has 0 rings (SSSR count). The van der Waals surface area contributed by atoms with Crippen LogP contribution in [-0.4, -0.2) is 5.54 Å². The summed E-state index contributed by atoms with van der Waals surface area (Å²) in [7, 11) is 0. The summed E-state index contributed by atoms with van der Waals surface area (Å²) in [5.41, 5.74) is 0.181. The van der Waals surface area contributed by atoms with Crippen molar-refractivity contribution in [2.75, 3.05) is 0 Å². The molecule has 2 heteroatoms. The summed E-state index contributed by atoms with van der Waals surface area (Å²) in [5, 5.41) is 0. The summed E-state index contributed by atoms with van der Waals surface area (Å²) in [5.74, 6) is 0. The minimum atomic E-state index is 0.181. The summed E-state index contributed by atoms with van der Waals surface area (Å²) in [6.45, 7) is 6.37. The predicted molar refractivity (Wildman–Crippen MR) is 26.8 cm³/mol. The van der Waals surface area contributed by atoms with Crippen LogP contribution < -0.4 is 0 Å². The molecule has 0 N–H and O–H groups in total. The molecule has 0 aliphatic carbocycles. The fourth-order valence-electron chi connectivity index (χ4n) is 0.0707. The van der Waals surface area contributed by atoms with Gasteiger partial charge in [0.2, 0.25) is 0 Å². The third-order valence-electron chi connectivity index (χ3n) is 1.14. The molecule has 0 bridgehead atoms. The van der Waals surface area contributed by atoms with E-state index >= 15 is 0 Å². The second-order valence-electron chi connectivity index (χ2n) is 2.27. The molecule has 0 unspecified atom stereocenters. The number of hydrogen-bond acceptors (Lipinski definition) is 1. The van der Waals surface area contributed by atoms with E-state index in [4.69, 9.17) is 0 Å². The molecule has 0 radical (unpaired) electrons. The Balaban J connectivity index is 3.58. The van der Waals surface area contributed by atoms with Crippen LogP contribution >= 0.6 is 0 Å². The Morgan fingerprint density at radius 1 is 1.57 bits per heavy atom. The Bertz CT molecular complexity index is 68.5. The zero-order valence-electron chi connectivity index (χ0n) is 5.10. The Kier molecular flexibility index (Phi) is 2.78. The van der Waals surface area contributed by atoms with Crippen molar-refractivity contribution in [3.05, 3.63) is 0 Å². The van der Waals surface area contributed by atoms with Crippen molar-refractivity contribution in [1.82, 2.24) is 0 Å². The van der Waals surface area contributed by atoms with Gasteiger partial charge in [0.15, 0.2) is 0 Å². The average molecular weight is 136 g/mol. The molecule has 0 aromatic heterocycles. The normalized spacial score (nSPS) is 11.1. The van der Waals surface area contributed by atoms with Crippen molar-refractivity contribution in [2.24, 2.45) is 3.79 Å². The van der Waals surface area contributed by atoms with Gasteiger partial charge < -0.3 is 0 Å². The van der Waals surface area contributed by atoms with Crippen LogP contribution in [0.4, 0.5) is 0 Å². The van der Waals surface area contributed by atoms with Crippen LogP contribution in [0.15, 0.2) is 3.79 Å². The molecule has 0 aliphatic heterocycles. The first kappa shape index (κ1) is 7.38. The molecule has 0 heterocycles. The van der Waals surface area contributed by atoms with Gasteiger partial charge in [-0.1, -0.05) is 0 Å². The van der Waals surface area contributed by atoms with Crippen LogP contribution in [0, 0.1) is 0 Å².